The highest BCUT2D eigenvalue weighted by Gasteiger charge is 2.42. The summed E-state index contributed by atoms with van der Waals surface area (Å²) in [5, 5.41) is 11.0. The van der Waals surface area contributed by atoms with Gasteiger partial charge in [-0.1, -0.05) is 37.0 Å². The Morgan fingerprint density at radius 2 is 1.95 bits per heavy atom. The average molecular weight is 329 g/mol. The third-order valence-electron chi connectivity index (χ3n) is 4.92. The van der Waals surface area contributed by atoms with Crippen molar-refractivity contribution >= 4 is 29.2 Å². The molecule has 1 saturated carbocycles. The summed E-state index contributed by atoms with van der Waals surface area (Å²) in [5.74, 6) is 0.541. The first-order valence-electron chi connectivity index (χ1n) is 7.51. The van der Waals surface area contributed by atoms with Gasteiger partial charge in [0.25, 0.3) is 0 Å². The third-order valence-corrected chi connectivity index (χ3v) is 5.52. The molecule has 0 aliphatic heterocycles. The molecule has 1 fully saturated rings. The van der Waals surface area contributed by atoms with E-state index in [1.165, 1.54) is 0 Å². The van der Waals surface area contributed by atoms with Gasteiger partial charge in [-0.2, -0.15) is 0 Å². The van der Waals surface area contributed by atoms with E-state index in [0.29, 0.717) is 41.1 Å². The van der Waals surface area contributed by atoms with E-state index in [4.69, 9.17) is 23.2 Å². The molecular weight excluding hydrogens is 307 g/mol. The highest BCUT2D eigenvalue weighted by atomic mass is 35.5. The fourth-order valence-electron chi connectivity index (χ4n) is 3.37. The summed E-state index contributed by atoms with van der Waals surface area (Å²) in [6, 6.07) is 5.27. The smallest absolute Gasteiger partial charge is 0.309 e. The van der Waals surface area contributed by atoms with E-state index in [9.17, 15) is 9.90 Å². The van der Waals surface area contributed by atoms with Crippen LogP contribution in [-0.4, -0.2) is 11.1 Å². The van der Waals surface area contributed by atoms with Gasteiger partial charge in [0.1, 0.15) is 0 Å². The molecule has 116 valence electrons. The molecule has 1 aromatic rings. The second-order valence-corrected chi connectivity index (χ2v) is 7.42. The first kappa shape index (κ1) is 16.6. The van der Waals surface area contributed by atoms with E-state index in [-0.39, 0.29) is 0 Å². The van der Waals surface area contributed by atoms with Crippen LogP contribution in [0.2, 0.25) is 10.0 Å². The number of hydrogen-bond acceptors (Lipinski definition) is 1. The first-order chi connectivity index (χ1) is 9.84. The number of halogens is 2. The van der Waals surface area contributed by atoms with Gasteiger partial charge in [0, 0.05) is 10.0 Å². The summed E-state index contributed by atoms with van der Waals surface area (Å²) in [6.07, 6.45) is 3.85. The lowest BCUT2D eigenvalue weighted by Crippen LogP contribution is -2.38. The van der Waals surface area contributed by atoms with Gasteiger partial charge >= 0.3 is 5.97 Å². The number of carboxylic acids is 1. The zero-order valence-corrected chi connectivity index (χ0v) is 14.0. The highest BCUT2D eigenvalue weighted by Crippen LogP contribution is 2.44. The Hall–Kier alpha value is -0.730. The van der Waals surface area contributed by atoms with E-state index in [2.05, 4.69) is 13.8 Å². The van der Waals surface area contributed by atoms with Crippen molar-refractivity contribution in [2.75, 3.05) is 0 Å². The van der Waals surface area contributed by atoms with Gasteiger partial charge in [-0.15, -0.1) is 0 Å². The minimum absolute atomic E-state index is 0.465. The molecule has 4 heteroatoms. The van der Waals surface area contributed by atoms with Gasteiger partial charge in [-0.05, 0) is 67.7 Å². The molecule has 0 amide bonds. The number of carbonyl (C=O) groups is 1. The number of benzene rings is 1. The predicted octanol–water partition coefficient (Wildman–Crippen LogP) is 5.45. The Balaban J connectivity index is 2.21. The molecule has 0 saturated heterocycles. The molecule has 0 aromatic heterocycles. The van der Waals surface area contributed by atoms with Crippen molar-refractivity contribution in [1.29, 1.82) is 0 Å². The van der Waals surface area contributed by atoms with E-state index >= 15 is 0 Å². The molecule has 2 nitrogen and oxygen atoms in total. The summed E-state index contributed by atoms with van der Waals surface area (Å²) in [6.45, 7) is 4.43. The summed E-state index contributed by atoms with van der Waals surface area (Å²) >= 11 is 12.2. The predicted molar refractivity (Wildman–Crippen MR) is 87.0 cm³/mol. The maximum atomic E-state index is 11.9. The summed E-state index contributed by atoms with van der Waals surface area (Å²) < 4.78 is 0. The lowest BCUT2D eigenvalue weighted by molar-refractivity contribution is -0.151. The molecule has 1 aliphatic rings. The van der Waals surface area contributed by atoms with Crippen molar-refractivity contribution in [3.63, 3.8) is 0 Å². The molecule has 0 radical (unpaired) electrons. The second kappa shape index (κ2) is 6.58. The van der Waals surface area contributed by atoms with Crippen LogP contribution in [0.1, 0.15) is 45.1 Å². The molecule has 0 spiro atoms. The van der Waals surface area contributed by atoms with Gasteiger partial charge in [-0.25, -0.2) is 0 Å². The Bertz CT molecular complexity index is 518. The molecule has 0 atom stereocenters. The first-order valence-corrected chi connectivity index (χ1v) is 8.27. The highest BCUT2D eigenvalue weighted by molar-refractivity contribution is 6.33. The van der Waals surface area contributed by atoms with Crippen LogP contribution in [0.25, 0.3) is 0 Å². The summed E-state index contributed by atoms with van der Waals surface area (Å²) in [5.41, 5.74) is 0.147. The van der Waals surface area contributed by atoms with Gasteiger partial charge in [-0.3, -0.25) is 4.79 Å². The zero-order chi connectivity index (χ0) is 15.6. The fraction of sp³-hybridized carbons (Fsp3) is 0.588. The van der Waals surface area contributed by atoms with Crippen LogP contribution in [0.3, 0.4) is 0 Å². The van der Waals surface area contributed by atoms with E-state index in [0.717, 1.165) is 18.4 Å². The Morgan fingerprint density at radius 3 is 2.48 bits per heavy atom. The molecule has 0 bridgehead atoms. The van der Waals surface area contributed by atoms with Crippen molar-refractivity contribution in [3.05, 3.63) is 33.8 Å². The topological polar surface area (TPSA) is 37.3 Å². The lowest BCUT2D eigenvalue weighted by Gasteiger charge is -2.38. The molecule has 1 aromatic carbocycles. The normalized spacial score (nSPS) is 26.0. The number of carboxylic acid groups (broad SMARTS) is 1. The molecule has 0 heterocycles. The quantitative estimate of drug-likeness (QED) is 0.797. The van der Waals surface area contributed by atoms with Crippen molar-refractivity contribution in [2.24, 2.45) is 17.3 Å². The van der Waals surface area contributed by atoms with Crippen LogP contribution in [0.4, 0.5) is 0 Å². The molecule has 2 rings (SSSR count). The largest absolute Gasteiger partial charge is 0.481 e. The lowest BCUT2D eigenvalue weighted by atomic mass is 9.65. The van der Waals surface area contributed by atoms with Crippen molar-refractivity contribution in [1.82, 2.24) is 0 Å². The van der Waals surface area contributed by atoms with Crippen LogP contribution in [0, 0.1) is 17.3 Å². The Kier molecular flexibility index (Phi) is 5.21. The summed E-state index contributed by atoms with van der Waals surface area (Å²) in [7, 11) is 0. The number of rotatable bonds is 4. The molecular formula is C17H22Cl2O2. The average Bonchev–Trinajstić information content (AvgIpc) is 2.43. The Morgan fingerprint density at radius 1 is 1.33 bits per heavy atom. The van der Waals surface area contributed by atoms with Crippen LogP contribution in [0.15, 0.2) is 18.2 Å². The van der Waals surface area contributed by atoms with Gasteiger partial charge in [0.15, 0.2) is 0 Å². The minimum atomic E-state index is -0.708. The fourth-order valence-corrected chi connectivity index (χ4v) is 3.75. The van der Waals surface area contributed by atoms with E-state index in [1.807, 2.05) is 0 Å². The van der Waals surface area contributed by atoms with Crippen LogP contribution < -0.4 is 0 Å². The maximum Gasteiger partial charge on any atom is 0.309 e. The standard InChI is InChI=1S/C17H22Cl2O2/c1-11(2)12-5-7-17(8-6-12,16(20)21)10-13-9-14(18)3-4-15(13)19/h3-4,9,11-12H,5-8,10H2,1-2H3,(H,20,21). The number of aliphatic carboxylic acids is 1. The second-order valence-electron chi connectivity index (χ2n) is 6.58. The molecule has 1 N–H and O–H groups in total. The third kappa shape index (κ3) is 3.73. The molecule has 21 heavy (non-hydrogen) atoms. The van der Waals surface area contributed by atoms with Crippen LogP contribution >= 0.6 is 23.2 Å². The van der Waals surface area contributed by atoms with Gasteiger partial charge < -0.3 is 5.11 Å². The van der Waals surface area contributed by atoms with Crippen molar-refractivity contribution < 1.29 is 9.90 Å². The van der Waals surface area contributed by atoms with Crippen molar-refractivity contribution in [3.8, 4) is 0 Å². The van der Waals surface area contributed by atoms with Gasteiger partial charge in [0.2, 0.25) is 0 Å². The number of hydrogen-bond donors (Lipinski definition) is 1. The molecule has 0 unspecified atom stereocenters. The van der Waals surface area contributed by atoms with Crippen LogP contribution in [0.5, 0.6) is 0 Å². The maximum absolute atomic E-state index is 11.9. The molecule has 1 aliphatic carbocycles. The monoisotopic (exact) mass is 328 g/mol. The zero-order valence-electron chi connectivity index (χ0n) is 12.5. The minimum Gasteiger partial charge on any atom is -0.481 e. The van der Waals surface area contributed by atoms with E-state index < -0.39 is 11.4 Å². The van der Waals surface area contributed by atoms with Crippen molar-refractivity contribution in [2.45, 2.75) is 46.0 Å². The van der Waals surface area contributed by atoms with E-state index in [1.54, 1.807) is 18.2 Å². The summed E-state index contributed by atoms with van der Waals surface area (Å²) in [4.78, 5) is 11.9. The van der Waals surface area contributed by atoms with Gasteiger partial charge in [0.05, 0.1) is 5.41 Å². The SMILES string of the molecule is CC(C)C1CCC(Cc2cc(Cl)ccc2Cl)(C(=O)O)CC1. The van der Waals surface area contributed by atoms with Crippen LogP contribution in [-0.2, 0) is 11.2 Å². The Labute approximate surface area is 136 Å².